The average molecular weight is 325 g/mol. The van der Waals surface area contributed by atoms with Crippen LogP contribution in [0, 0.1) is 13.8 Å². The van der Waals surface area contributed by atoms with E-state index in [-0.39, 0.29) is 6.03 Å². The van der Waals surface area contributed by atoms with E-state index in [2.05, 4.69) is 5.32 Å². The molecule has 1 aromatic carbocycles. The van der Waals surface area contributed by atoms with Gasteiger partial charge in [0.05, 0.1) is 4.90 Å². The third-order valence-corrected chi connectivity index (χ3v) is 5.86. The minimum atomic E-state index is -3.50. The number of carbonyl (C=O) groups excluding carboxylic acids is 1. The van der Waals surface area contributed by atoms with Gasteiger partial charge in [-0.15, -0.1) is 0 Å². The van der Waals surface area contributed by atoms with Crippen molar-refractivity contribution in [1.82, 2.24) is 14.5 Å². The number of piperazine rings is 1. The number of sulfonamides is 1. The quantitative estimate of drug-likeness (QED) is 0.912. The molecule has 2 rings (SSSR count). The minimum absolute atomic E-state index is 0.133. The lowest BCUT2D eigenvalue weighted by atomic mass is 10.2. The van der Waals surface area contributed by atoms with E-state index < -0.39 is 10.0 Å². The molecule has 1 aliphatic heterocycles. The molecule has 0 saturated carbocycles. The van der Waals surface area contributed by atoms with Crippen molar-refractivity contribution in [1.29, 1.82) is 0 Å². The lowest BCUT2D eigenvalue weighted by molar-refractivity contribution is 0.173. The molecule has 0 spiro atoms. The average Bonchev–Trinajstić information content (AvgIpc) is 2.47. The lowest BCUT2D eigenvalue weighted by Crippen LogP contribution is -2.53. The maximum Gasteiger partial charge on any atom is 0.317 e. The highest BCUT2D eigenvalue weighted by molar-refractivity contribution is 7.89. The molecule has 1 heterocycles. The molecule has 122 valence electrons. The molecule has 1 aromatic rings. The Morgan fingerprint density at radius 3 is 2.36 bits per heavy atom. The van der Waals surface area contributed by atoms with Crippen LogP contribution >= 0.6 is 0 Å². The van der Waals surface area contributed by atoms with Crippen LogP contribution < -0.4 is 5.32 Å². The number of urea groups is 1. The first-order chi connectivity index (χ1) is 10.4. The van der Waals surface area contributed by atoms with E-state index in [0.29, 0.717) is 37.6 Å². The van der Waals surface area contributed by atoms with Crippen molar-refractivity contribution in [3.63, 3.8) is 0 Å². The Balaban J connectivity index is 2.11. The van der Waals surface area contributed by atoms with Gasteiger partial charge in [0.15, 0.2) is 0 Å². The zero-order valence-electron chi connectivity index (χ0n) is 13.3. The monoisotopic (exact) mass is 325 g/mol. The van der Waals surface area contributed by atoms with Gasteiger partial charge in [0.2, 0.25) is 10.0 Å². The molecule has 1 aliphatic rings. The van der Waals surface area contributed by atoms with Gasteiger partial charge in [-0.25, -0.2) is 13.2 Å². The number of hydrogen-bond donors (Lipinski definition) is 1. The van der Waals surface area contributed by atoms with E-state index in [1.165, 1.54) is 4.31 Å². The number of hydrogen-bond acceptors (Lipinski definition) is 3. The Bertz CT molecular complexity index is 650. The zero-order chi connectivity index (χ0) is 16.3. The van der Waals surface area contributed by atoms with Crippen LogP contribution in [0.5, 0.6) is 0 Å². The van der Waals surface area contributed by atoms with E-state index in [1.807, 2.05) is 32.9 Å². The number of benzene rings is 1. The molecule has 6 nitrogen and oxygen atoms in total. The second-order valence-electron chi connectivity index (χ2n) is 5.50. The van der Waals surface area contributed by atoms with Crippen molar-refractivity contribution in [2.75, 3.05) is 32.7 Å². The summed E-state index contributed by atoms with van der Waals surface area (Å²) in [7, 11) is -3.50. The fourth-order valence-electron chi connectivity index (χ4n) is 2.62. The predicted octanol–water partition coefficient (Wildman–Crippen LogP) is 1.34. The van der Waals surface area contributed by atoms with E-state index in [0.717, 1.165) is 11.1 Å². The first-order valence-corrected chi connectivity index (χ1v) is 8.90. The molecule has 7 heteroatoms. The van der Waals surface area contributed by atoms with Crippen LogP contribution in [0.2, 0.25) is 0 Å². The Kier molecular flexibility index (Phi) is 5.08. The fraction of sp³-hybridized carbons (Fsp3) is 0.533. The molecule has 2 amide bonds. The molecular formula is C15H23N3O3S. The van der Waals surface area contributed by atoms with Crippen LogP contribution in [-0.4, -0.2) is 56.4 Å². The van der Waals surface area contributed by atoms with Gasteiger partial charge in [-0.05, 0) is 32.4 Å². The Labute approximate surface area is 132 Å². The van der Waals surface area contributed by atoms with Crippen LogP contribution in [0.25, 0.3) is 0 Å². The molecule has 0 unspecified atom stereocenters. The zero-order valence-corrected chi connectivity index (χ0v) is 14.1. The highest BCUT2D eigenvalue weighted by atomic mass is 32.2. The van der Waals surface area contributed by atoms with Gasteiger partial charge in [0.25, 0.3) is 0 Å². The van der Waals surface area contributed by atoms with Crippen LogP contribution in [0.4, 0.5) is 4.79 Å². The summed E-state index contributed by atoms with van der Waals surface area (Å²) in [5, 5.41) is 2.73. The van der Waals surface area contributed by atoms with Crippen molar-refractivity contribution in [3.8, 4) is 0 Å². The van der Waals surface area contributed by atoms with Crippen molar-refractivity contribution in [2.45, 2.75) is 25.7 Å². The summed E-state index contributed by atoms with van der Waals surface area (Å²) < 4.78 is 26.9. The Morgan fingerprint density at radius 1 is 1.18 bits per heavy atom. The third-order valence-electron chi connectivity index (χ3n) is 3.80. The molecule has 1 saturated heterocycles. The highest BCUT2D eigenvalue weighted by Gasteiger charge is 2.30. The predicted molar refractivity (Wildman–Crippen MR) is 85.3 cm³/mol. The summed E-state index contributed by atoms with van der Waals surface area (Å²) in [5.74, 6) is 0. The molecule has 22 heavy (non-hydrogen) atoms. The van der Waals surface area contributed by atoms with Crippen LogP contribution in [-0.2, 0) is 10.0 Å². The van der Waals surface area contributed by atoms with Crippen LogP contribution in [0.15, 0.2) is 23.1 Å². The summed E-state index contributed by atoms with van der Waals surface area (Å²) in [6.45, 7) is 7.66. The topological polar surface area (TPSA) is 69.7 Å². The van der Waals surface area contributed by atoms with Crippen molar-refractivity contribution in [2.24, 2.45) is 0 Å². The summed E-state index contributed by atoms with van der Waals surface area (Å²) in [4.78, 5) is 13.8. The van der Waals surface area contributed by atoms with Crippen LogP contribution in [0.3, 0.4) is 0 Å². The van der Waals surface area contributed by atoms with Crippen LogP contribution in [0.1, 0.15) is 18.1 Å². The van der Waals surface area contributed by atoms with E-state index >= 15 is 0 Å². The minimum Gasteiger partial charge on any atom is -0.338 e. The van der Waals surface area contributed by atoms with Gasteiger partial charge in [-0.2, -0.15) is 4.31 Å². The molecule has 0 aromatic heterocycles. The summed E-state index contributed by atoms with van der Waals surface area (Å²) >= 11 is 0. The first kappa shape index (κ1) is 16.8. The second kappa shape index (κ2) is 6.66. The molecule has 0 atom stereocenters. The third kappa shape index (κ3) is 3.41. The number of aryl methyl sites for hydroxylation is 2. The molecule has 0 aliphatic carbocycles. The van der Waals surface area contributed by atoms with Gasteiger partial charge in [-0.1, -0.05) is 17.7 Å². The van der Waals surface area contributed by atoms with Crippen molar-refractivity contribution in [3.05, 3.63) is 29.3 Å². The molecule has 1 N–H and O–H groups in total. The smallest absolute Gasteiger partial charge is 0.317 e. The molecule has 0 radical (unpaired) electrons. The fourth-order valence-corrected chi connectivity index (χ4v) is 4.25. The standard InChI is InChI=1S/C15H23N3O3S/c1-4-16-15(19)17-7-9-18(10-8-17)22(20,21)14-6-5-12(2)11-13(14)3/h5-6,11H,4,7-10H2,1-3H3,(H,16,19). The van der Waals surface area contributed by atoms with Gasteiger partial charge >= 0.3 is 6.03 Å². The van der Waals surface area contributed by atoms with E-state index in [9.17, 15) is 13.2 Å². The number of nitrogens with zero attached hydrogens (tertiary/aromatic N) is 2. The maximum atomic E-state index is 12.7. The lowest BCUT2D eigenvalue weighted by Gasteiger charge is -2.34. The largest absolute Gasteiger partial charge is 0.338 e. The number of amides is 2. The highest BCUT2D eigenvalue weighted by Crippen LogP contribution is 2.22. The molecular weight excluding hydrogens is 302 g/mol. The Morgan fingerprint density at radius 2 is 1.82 bits per heavy atom. The number of rotatable bonds is 3. The molecule has 1 fully saturated rings. The second-order valence-corrected chi connectivity index (χ2v) is 7.40. The van der Waals surface area contributed by atoms with Crippen molar-refractivity contribution < 1.29 is 13.2 Å². The van der Waals surface area contributed by atoms with Gasteiger partial charge in [0.1, 0.15) is 0 Å². The van der Waals surface area contributed by atoms with Gasteiger partial charge < -0.3 is 10.2 Å². The number of nitrogens with one attached hydrogen (secondary N) is 1. The maximum absolute atomic E-state index is 12.7. The summed E-state index contributed by atoms with van der Waals surface area (Å²) in [6.07, 6.45) is 0. The Hall–Kier alpha value is -1.60. The summed E-state index contributed by atoms with van der Waals surface area (Å²) in [6, 6.07) is 5.21. The van der Waals surface area contributed by atoms with E-state index in [4.69, 9.17) is 0 Å². The van der Waals surface area contributed by atoms with Crippen molar-refractivity contribution >= 4 is 16.1 Å². The normalized spacial score (nSPS) is 16.6. The molecule has 0 bridgehead atoms. The SMILES string of the molecule is CCNC(=O)N1CCN(S(=O)(=O)c2ccc(C)cc2C)CC1. The van der Waals surface area contributed by atoms with Gasteiger partial charge in [-0.3, -0.25) is 0 Å². The van der Waals surface area contributed by atoms with Gasteiger partial charge in [0, 0.05) is 32.7 Å². The van der Waals surface area contributed by atoms with E-state index in [1.54, 1.807) is 11.0 Å². The first-order valence-electron chi connectivity index (χ1n) is 7.46. The number of carbonyl (C=O) groups is 1. The summed E-state index contributed by atoms with van der Waals surface area (Å²) in [5.41, 5.74) is 1.80.